The van der Waals surface area contributed by atoms with Gasteiger partial charge in [-0.1, -0.05) is 47.1 Å². The van der Waals surface area contributed by atoms with Crippen LogP contribution >= 0.6 is 23.4 Å². The fourth-order valence-electron chi connectivity index (χ4n) is 4.41. The zero-order valence-corrected chi connectivity index (χ0v) is 20.2. The van der Waals surface area contributed by atoms with Crippen molar-refractivity contribution in [3.8, 4) is 0 Å². The number of likely N-dealkylation sites (tertiary alicyclic amines) is 1. The Balaban J connectivity index is 1.39. The van der Waals surface area contributed by atoms with Crippen LogP contribution in [0.4, 0.5) is 0 Å². The molecule has 170 valence electrons. The number of nitrogens with zero attached hydrogens (tertiary/aromatic N) is 5. The number of carbonyl (C=O) groups excluding carboxylic acids is 1. The number of amides is 1. The number of halogens is 1. The van der Waals surface area contributed by atoms with Crippen LogP contribution in [0.5, 0.6) is 0 Å². The molecular formula is C25H26ClN5OS. The van der Waals surface area contributed by atoms with E-state index in [2.05, 4.69) is 46.0 Å². The minimum Gasteiger partial charge on any atom is -0.343 e. The summed E-state index contributed by atoms with van der Waals surface area (Å²) in [6, 6.07) is 14.3. The van der Waals surface area contributed by atoms with Gasteiger partial charge in [0, 0.05) is 42.2 Å². The maximum Gasteiger partial charge on any atom is 0.222 e. The molecule has 6 nitrogen and oxygen atoms in total. The molecule has 4 aromatic rings. The maximum atomic E-state index is 12.3. The average Bonchev–Trinajstić information content (AvgIpc) is 3.44. The molecule has 8 heteroatoms. The van der Waals surface area contributed by atoms with Crippen LogP contribution in [0.1, 0.15) is 36.8 Å². The first-order valence-electron chi connectivity index (χ1n) is 11.4. The highest BCUT2D eigenvalue weighted by atomic mass is 35.5. The van der Waals surface area contributed by atoms with Crippen LogP contribution in [0.15, 0.2) is 47.6 Å². The number of carbonyl (C=O) groups is 1. The zero-order chi connectivity index (χ0) is 22.8. The molecule has 1 saturated heterocycles. The SMILES string of the molecule is Cc1ccc2c(c1)c1nnc(SCCCC(=O)N3CCCC3)nc1n2Cc1cccc(Cl)c1. The Hall–Kier alpha value is -2.64. The number of aryl methyl sites for hydroxylation is 1. The lowest BCUT2D eigenvalue weighted by Crippen LogP contribution is -2.27. The van der Waals surface area contributed by atoms with Crippen LogP contribution in [-0.4, -0.2) is 49.4 Å². The maximum absolute atomic E-state index is 12.3. The monoisotopic (exact) mass is 479 g/mol. The van der Waals surface area contributed by atoms with E-state index < -0.39 is 0 Å². The fraction of sp³-hybridized carbons (Fsp3) is 0.360. The largest absolute Gasteiger partial charge is 0.343 e. The second-order valence-corrected chi connectivity index (χ2v) is 10.0. The molecule has 2 aromatic heterocycles. The predicted octanol–water partition coefficient (Wildman–Crippen LogP) is 5.48. The first kappa shape index (κ1) is 22.2. The smallest absolute Gasteiger partial charge is 0.222 e. The number of benzene rings is 2. The molecule has 2 aromatic carbocycles. The Morgan fingerprint density at radius 2 is 1.97 bits per heavy atom. The fourth-order valence-corrected chi connectivity index (χ4v) is 5.34. The number of hydrogen-bond acceptors (Lipinski definition) is 5. The van der Waals surface area contributed by atoms with Gasteiger partial charge in [0.05, 0.1) is 5.52 Å². The summed E-state index contributed by atoms with van der Waals surface area (Å²) in [6.07, 6.45) is 3.65. The van der Waals surface area contributed by atoms with E-state index in [1.165, 1.54) is 5.56 Å². The molecule has 0 saturated carbocycles. The van der Waals surface area contributed by atoms with Crippen molar-refractivity contribution in [3.05, 3.63) is 58.6 Å². The molecule has 1 fully saturated rings. The lowest BCUT2D eigenvalue weighted by Gasteiger charge is -2.14. The van der Waals surface area contributed by atoms with E-state index in [1.54, 1.807) is 11.8 Å². The Morgan fingerprint density at radius 1 is 1.12 bits per heavy atom. The van der Waals surface area contributed by atoms with E-state index in [1.807, 2.05) is 23.1 Å². The van der Waals surface area contributed by atoms with E-state index in [4.69, 9.17) is 16.6 Å². The molecule has 0 unspecified atom stereocenters. The number of hydrogen-bond donors (Lipinski definition) is 0. The summed E-state index contributed by atoms with van der Waals surface area (Å²) >= 11 is 7.78. The molecule has 5 rings (SSSR count). The quantitative estimate of drug-likeness (QED) is 0.259. The Labute approximate surface area is 202 Å². The van der Waals surface area contributed by atoms with Crippen LogP contribution in [0, 0.1) is 6.92 Å². The third kappa shape index (κ3) is 4.84. The first-order chi connectivity index (χ1) is 16.1. The highest BCUT2D eigenvalue weighted by Crippen LogP contribution is 2.29. The second kappa shape index (κ2) is 9.69. The van der Waals surface area contributed by atoms with Gasteiger partial charge in [-0.05, 0) is 56.0 Å². The van der Waals surface area contributed by atoms with Crippen LogP contribution in [0.2, 0.25) is 5.02 Å². The van der Waals surface area contributed by atoms with Crippen molar-refractivity contribution in [2.24, 2.45) is 0 Å². The predicted molar refractivity (Wildman–Crippen MR) is 134 cm³/mol. The lowest BCUT2D eigenvalue weighted by molar-refractivity contribution is -0.130. The van der Waals surface area contributed by atoms with E-state index >= 15 is 0 Å². The molecule has 0 bridgehead atoms. The summed E-state index contributed by atoms with van der Waals surface area (Å²) < 4.78 is 2.19. The molecule has 1 aliphatic rings. The summed E-state index contributed by atoms with van der Waals surface area (Å²) in [5, 5.41) is 11.4. The summed E-state index contributed by atoms with van der Waals surface area (Å²) in [6.45, 7) is 4.55. The van der Waals surface area contributed by atoms with E-state index in [9.17, 15) is 4.79 Å². The summed E-state index contributed by atoms with van der Waals surface area (Å²) in [5.74, 6) is 1.06. The standard InChI is InChI=1S/C25H26ClN5OS/c1-17-9-10-21-20(14-17)23-24(31(21)16-18-6-4-7-19(26)15-18)27-25(29-28-23)33-13-5-8-22(32)30-11-2-3-12-30/h4,6-7,9-10,14-15H,2-3,5,8,11-13,16H2,1H3. The van der Waals surface area contributed by atoms with Gasteiger partial charge in [0.25, 0.3) is 0 Å². The third-order valence-electron chi connectivity index (χ3n) is 6.06. The van der Waals surface area contributed by atoms with Gasteiger partial charge in [0.15, 0.2) is 5.65 Å². The van der Waals surface area contributed by atoms with Crippen molar-refractivity contribution in [1.29, 1.82) is 0 Å². The molecular weight excluding hydrogens is 454 g/mol. The zero-order valence-electron chi connectivity index (χ0n) is 18.6. The van der Waals surface area contributed by atoms with Gasteiger partial charge in [-0.3, -0.25) is 4.79 Å². The van der Waals surface area contributed by atoms with Gasteiger partial charge in [-0.25, -0.2) is 4.98 Å². The van der Waals surface area contributed by atoms with Gasteiger partial charge in [0.2, 0.25) is 11.1 Å². The Morgan fingerprint density at radius 3 is 2.79 bits per heavy atom. The number of rotatable bonds is 7. The molecule has 0 aliphatic carbocycles. The van der Waals surface area contributed by atoms with E-state index in [0.717, 1.165) is 70.8 Å². The molecule has 0 spiro atoms. The third-order valence-corrected chi connectivity index (χ3v) is 7.22. The van der Waals surface area contributed by atoms with Gasteiger partial charge < -0.3 is 9.47 Å². The van der Waals surface area contributed by atoms with Gasteiger partial charge in [0.1, 0.15) is 5.52 Å². The summed E-state index contributed by atoms with van der Waals surface area (Å²) in [5.41, 5.74) is 4.99. The Bertz CT molecular complexity index is 1320. The highest BCUT2D eigenvalue weighted by Gasteiger charge is 2.18. The van der Waals surface area contributed by atoms with Gasteiger partial charge >= 0.3 is 0 Å². The minimum absolute atomic E-state index is 0.264. The van der Waals surface area contributed by atoms with Crippen LogP contribution < -0.4 is 0 Å². The second-order valence-electron chi connectivity index (χ2n) is 8.54. The van der Waals surface area contributed by atoms with Crippen molar-refractivity contribution >= 4 is 51.3 Å². The molecule has 3 heterocycles. The van der Waals surface area contributed by atoms with Crippen LogP contribution in [0.3, 0.4) is 0 Å². The molecule has 1 aliphatic heterocycles. The van der Waals surface area contributed by atoms with E-state index in [0.29, 0.717) is 18.1 Å². The molecule has 0 N–H and O–H groups in total. The first-order valence-corrected chi connectivity index (χ1v) is 12.7. The number of aromatic nitrogens is 4. The van der Waals surface area contributed by atoms with Crippen molar-refractivity contribution in [2.45, 2.75) is 44.3 Å². The van der Waals surface area contributed by atoms with Crippen molar-refractivity contribution < 1.29 is 4.79 Å². The summed E-state index contributed by atoms with van der Waals surface area (Å²) in [7, 11) is 0. The van der Waals surface area contributed by atoms with Crippen molar-refractivity contribution in [2.75, 3.05) is 18.8 Å². The lowest BCUT2D eigenvalue weighted by atomic mass is 10.1. The van der Waals surface area contributed by atoms with Crippen molar-refractivity contribution in [1.82, 2.24) is 24.6 Å². The number of fused-ring (bicyclic) bond motifs is 3. The average molecular weight is 480 g/mol. The topological polar surface area (TPSA) is 63.9 Å². The minimum atomic E-state index is 0.264. The van der Waals surface area contributed by atoms with E-state index in [-0.39, 0.29) is 5.91 Å². The normalized spacial score (nSPS) is 13.9. The Kier molecular flexibility index (Phi) is 6.51. The summed E-state index contributed by atoms with van der Waals surface area (Å²) in [4.78, 5) is 19.1. The van der Waals surface area contributed by atoms with Crippen molar-refractivity contribution in [3.63, 3.8) is 0 Å². The van der Waals surface area contributed by atoms with Gasteiger partial charge in [-0.2, -0.15) is 0 Å². The van der Waals surface area contributed by atoms with Crippen LogP contribution in [0.25, 0.3) is 22.1 Å². The molecule has 33 heavy (non-hydrogen) atoms. The highest BCUT2D eigenvalue weighted by molar-refractivity contribution is 7.99. The van der Waals surface area contributed by atoms with Crippen LogP contribution in [-0.2, 0) is 11.3 Å². The molecule has 0 radical (unpaired) electrons. The van der Waals surface area contributed by atoms with Gasteiger partial charge in [-0.15, -0.1) is 10.2 Å². The number of thioether (sulfide) groups is 1. The molecule has 0 atom stereocenters. The molecule has 1 amide bonds.